The van der Waals surface area contributed by atoms with Crippen molar-refractivity contribution in [3.05, 3.63) is 36.2 Å². The van der Waals surface area contributed by atoms with Crippen LogP contribution >= 0.6 is 0 Å². The van der Waals surface area contributed by atoms with Crippen molar-refractivity contribution < 1.29 is 4.79 Å². The molecule has 2 fully saturated rings. The fraction of sp³-hybridized carbons (Fsp3) is 0.550. The van der Waals surface area contributed by atoms with E-state index in [1.807, 2.05) is 30.3 Å². The van der Waals surface area contributed by atoms with Gasteiger partial charge in [-0.15, -0.1) is 0 Å². The second-order valence-electron chi connectivity index (χ2n) is 7.43. The number of hydrogen-bond acceptors (Lipinski definition) is 3. The summed E-state index contributed by atoms with van der Waals surface area (Å²) in [5.74, 6) is 3.02. The second kappa shape index (κ2) is 7.38. The highest BCUT2D eigenvalue weighted by Gasteiger charge is 2.30. The number of aromatic nitrogens is 3. The Morgan fingerprint density at radius 2 is 1.80 bits per heavy atom. The van der Waals surface area contributed by atoms with Gasteiger partial charge in [-0.2, -0.15) is 5.10 Å². The lowest BCUT2D eigenvalue weighted by Crippen LogP contribution is -2.41. The van der Waals surface area contributed by atoms with Crippen LogP contribution in [0.3, 0.4) is 0 Å². The van der Waals surface area contributed by atoms with E-state index in [0.717, 1.165) is 62.4 Å². The number of aromatic amines is 1. The summed E-state index contributed by atoms with van der Waals surface area (Å²) in [5.41, 5.74) is 1.04. The number of amides is 1. The van der Waals surface area contributed by atoms with Crippen molar-refractivity contribution in [2.24, 2.45) is 11.8 Å². The van der Waals surface area contributed by atoms with Crippen molar-refractivity contribution in [2.45, 2.75) is 44.9 Å². The van der Waals surface area contributed by atoms with Crippen LogP contribution < -0.4 is 0 Å². The molecular formula is C20H26N4O. The van der Waals surface area contributed by atoms with Gasteiger partial charge in [0.1, 0.15) is 5.82 Å². The minimum Gasteiger partial charge on any atom is -0.342 e. The summed E-state index contributed by atoms with van der Waals surface area (Å²) in [5, 5.41) is 7.44. The number of carbonyl (C=O) groups is 1. The number of benzene rings is 1. The van der Waals surface area contributed by atoms with Crippen LogP contribution in [0.15, 0.2) is 30.3 Å². The Balaban J connectivity index is 1.30. The van der Waals surface area contributed by atoms with Gasteiger partial charge in [-0.1, -0.05) is 43.2 Å². The lowest BCUT2D eigenvalue weighted by Gasteiger charge is -2.33. The summed E-state index contributed by atoms with van der Waals surface area (Å²) >= 11 is 0. The standard InChI is InChI=1S/C20H26N4O/c25-20(17-8-4-5-9-17)24-12-10-15(11-13-24)14-18-21-19(23-22-18)16-6-2-1-3-7-16/h1-3,6-7,15,17H,4-5,8-14H2,(H,21,22,23). The molecule has 0 spiro atoms. The molecule has 5 heteroatoms. The number of carbonyl (C=O) groups excluding carboxylic acids is 1. The molecule has 1 N–H and O–H groups in total. The summed E-state index contributed by atoms with van der Waals surface area (Å²) in [6, 6.07) is 10.1. The van der Waals surface area contributed by atoms with Gasteiger partial charge in [-0.05, 0) is 31.6 Å². The number of piperidine rings is 1. The quantitative estimate of drug-likeness (QED) is 0.929. The summed E-state index contributed by atoms with van der Waals surface area (Å²) in [6.45, 7) is 1.80. The normalized spacial score (nSPS) is 19.4. The fourth-order valence-corrected chi connectivity index (χ4v) is 4.16. The first-order chi connectivity index (χ1) is 12.3. The number of nitrogens with zero attached hydrogens (tertiary/aromatic N) is 3. The van der Waals surface area contributed by atoms with Gasteiger partial charge >= 0.3 is 0 Å². The summed E-state index contributed by atoms with van der Waals surface area (Å²) in [6.07, 6.45) is 7.70. The summed E-state index contributed by atoms with van der Waals surface area (Å²) < 4.78 is 0. The van der Waals surface area contributed by atoms with E-state index >= 15 is 0 Å². The van der Waals surface area contributed by atoms with E-state index in [9.17, 15) is 4.79 Å². The Hall–Kier alpha value is -2.17. The number of hydrogen-bond donors (Lipinski definition) is 1. The summed E-state index contributed by atoms with van der Waals surface area (Å²) in [7, 11) is 0. The Morgan fingerprint density at radius 3 is 2.52 bits per heavy atom. The molecule has 0 atom stereocenters. The van der Waals surface area contributed by atoms with Crippen LogP contribution in [0.2, 0.25) is 0 Å². The average Bonchev–Trinajstić information content (AvgIpc) is 3.35. The number of rotatable bonds is 4. The largest absolute Gasteiger partial charge is 0.342 e. The molecule has 1 aliphatic heterocycles. The van der Waals surface area contributed by atoms with Crippen LogP contribution in [0.25, 0.3) is 11.4 Å². The number of H-pyrrole nitrogens is 1. The van der Waals surface area contributed by atoms with Gasteiger partial charge in [-0.3, -0.25) is 9.89 Å². The van der Waals surface area contributed by atoms with E-state index in [-0.39, 0.29) is 0 Å². The lowest BCUT2D eigenvalue weighted by molar-refractivity contribution is -0.136. The minimum atomic E-state index is 0.305. The van der Waals surface area contributed by atoms with Crippen molar-refractivity contribution in [1.29, 1.82) is 0 Å². The van der Waals surface area contributed by atoms with Gasteiger partial charge < -0.3 is 4.90 Å². The molecule has 132 valence electrons. The number of likely N-dealkylation sites (tertiary alicyclic amines) is 1. The molecule has 1 saturated heterocycles. The Bertz CT molecular complexity index is 697. The molecule has 4 rings (SSSR count). The van der Waals surface area contributed by atoms with Crippen molar-refractivity contribution in [3.8, 4) is 11.4 Å². The fourth-order valence-electron chi connectivity index (χ4n) is 4.16. The van der Waals surface area contributed by atoms with Crippen LogP contribution in [0.5, 0.6) is 0 Å². The van der Waals surface area contributed by atoms with Crippen LogP contribution in [0, 0.1) is 11.8 Å². The number of nitrogens with one attached hydrogen (secondary N) is 1. The van der Waals surface area contributed by atoms with Crippen molar-refractivity contribution >= 4 is 5.91 Å². The maximum atomic E-state index is 12.5. The zero-order chi connectivity index (χ0) is 17.1. The maximum Gasteiger partial charge on any atom is 0.225 e. The van der Waals surface area contributed by atoms with E-state index < -0.39 is 0 Å². The van der Waals surface area contributed by atoms with E-state index in [4.69, 9.17) is 0 Å². The van der Waals surface area contributed by atoms with E-state index in [1.54, 1.807) is 0 Å². The van der Waals surface area contributed by atoms with E-state index in [1.165, 1.54) is 12.8 Å². The van der Waals surface area contributed by atoms with Crippen molar-refractivity contribution in [2.75, 3.05) is 13.1 Å². The molecular weight excluding hydrogens is 312 g/mol. The molecule has 5 nitrogen and oxygen atoms in total. The van der Waals surface area contributed by atoms with E-state index in [2.05, 4.69) is 20.1 Å². The molecule has 1 saturated carbocycles. The first-order valence-electron chi connectivity index (χ1n) is 9.55. The molecule has 1 aromatic heterocycles. The monoisotopic (exact) mass is 338 g/mol. The average molecular weight is 338 g/mol. The van der Waals surface area contributed by atoms with Crippen LogP contribution in [0.1, 0.15) is 44.3 Å². The molecule has 0 bridgehead atoms. The molecule has 2 aromatic rings. The highest BCUT2D eigenvalue weighted by molar-refractivity contribution is 5.79. The molecule has 2 aliphatic rings. The zero-order valence-electron chi connectivity index (χ0n) is 14.7. The third-order valence-electron chi connectivity index (χ3n) is 5.68. The predicted octanol–water partition coefficient (Wildman–Crippen LogP) is 3.44. The lowest BCUT2D eigenvalue weighted by atomic mass is 9.92. The van der Waals surface area contributed by atoms with Crippen LogP contribution in [0.4, 0.5) is 0 Å². The molecule has 0 unspecified atom stereocenters. The third-order valence-corrected chi connectivity index (χ3v) is 5.68. The zero-order valence-corrected chi connectivity index (χ0v) is 14.7. The maximum absolute atomic E-state index is 12.5. The van der Waals surface area contributed by atoms with Gasteiger partial charge in [0.2, 0.25) is 5.91 Å². The third kappa shape index (κ3) is 3.75. The molecule has 1 aliphatic carbocycles. The highest BCUT2D eigenvalue weighted by atomic mass is 16.2. The Kier molecular flexibility index (Phi) is 4.81. The highest BCUT2D eigenvalue weighted by Crippen LogP contribution is 2.29. The minimum absolute atomic E-state index is 0.305. The van der Waals surface area contributed by atoms with Gasteiger partial charge in [0, 0.05) is 31.0 Å². The molecule has 2 heterocycles. The first-order valence-corrected chi connectivity index (χ1v) is 9.55. The Morgan fingerprint density at radius 1 is 1.08 bits per heavy atom. The molecule has 25 heavy (non-hydrogen) atoms. The van der Waals surface area contributed by atoms with Gasteiger partial charge in [0.15, 0.2) is 5.82 Å². The van der Waals surface area contributed by atoms with Crippen molar-refractivity contribution in [1.82, 2.24) is 20.1 Å². The van der Waals surface area contributed by atoms with E-state index in [0.29, 0.717) is 17.7 Å². The Labute approximate surface area is 148 Å². The second-order valence-corrected chi connectivity index (χ2v) is 7.43. The molecule has 1 aromatic carbocycles. The first kappa shape index (κ1) is 16.3. The molecule has 1 amide bonds. The predicted molar refractivity (Wildman–Crippen MR) is 96.8 cm³/mol. The molecule has 0 radical (unpaired) electrons. The van der Waals surface area contributed by atoms with Crippen molar-refractivity contribution in [3.63, 3.8) is 0 Å². The SMILES string of the molecule is O=C(C1CCCC1)N1CCC(Cc2nc(-c3ccccc3)n[nH]2)CC1. The smallest absolute Gasteiger partial charge is 0.225 e. The van der Waals surface area contributed by atoms with Gasteiger partial charge in [-0.25, -0.2) is 4.98 Å². The van der Waals surface area contributed by atoms with Crippen LogP contribution in [-0.4, -0.2) is 39.1 Å². The topological polar surface area (TPSA) is 61.9 Å². The van der Waals surface area contributed by atoms with Gasteiger partial charge in [0.05, 0.1) is 0 Å². The summed E-state index contributed by atoms with van der Waals surface area (Å²) in [4.78, 5) is 19.3. The van der Waals surface area contributed by atoms with Crippen LogP contribution in [-0.2, 0) is 11.2 Å². The van der Waals surface area contributed by atoms with Gasteiger partial charge in [0.25, 0.3) is 0 Å².